The second-order valence-electron chi connectivity index (χ2n) is 6.43. The minimum absolute atomic E-state index is 0.0142. The zero-order chi connectivity index (χ0) is 21.3. The van der Waals surface area contributed by atoms with Crippen molar-refractivity contribution >= 4 is 64.0 Å². The number of primary amides is 1. The molecule has 0 saturated heterocycles. The number of hydrogen-bond acceptors (Lipinski definition) is 4. The molecule has 0 saturated carbocycles. The van der Waals surface area contributed by atoms with Gasteiger partial charge in [0.15, 0.2) is 0 Å². The van der Waals surface area contributed by atoms with Crippen LogP contribution in [0.3, 0.4) is 0 Å². The number of nitrogens with two attached hydrogens (primary N) is 1. The highest BCUT2D eigenvalue weighted by atomic mass is 35.5. The van der Waals surface area contributed by atoms with Gasteiger partial charge >= 0.3 is 6.03 Å². The minimum Gasteiger partial charge on any atom is -0.350 e. The summed E-state index contributed by atoms with van der Waals surface area (Å²) in [4.78, 5) is 28.9. The van der Waals surface area contributed by atoms with Gasteiger partial charge in [-0.3, -0.25) is 10.2 Å². The van der Waals surface area contributed by atoms with Crippen LogP contribution in [-0.4, -0.2) is 18.5 Å². The van der Waals surface area contributed by atoms with Crippen molar-refractivity contribution in [2.75, 3.05) is 16.5 Å². The van der Waals surface area contributed by atoms with Crippen molar-refractivity contribution in [1.29, 1.82) is 0 Å². The van der Waals surface area contributed by atoms with Crippen molar-refractivity contribution in [2.24, 2.45) is 5.73 Å². The summed E-state index contributed by atoms with van der Waals surface area (Å²) in [6.45, 7) is -0.0142. The molecule has 3 aromatic rings. The van der Waals surface area contributed by atoms with Crippen LogP contribution in [0.1, 0.15) is 0 Å². The Hall–Kier alpha value is -2.87. The van der Waals surface area contributed by atoms with E-state index in [1.54, 1.807) is 17.8 Å². The second kappa shape index (κ2) is 8.47. The number of rotatable bonds is 3. The van der Waals surface area contributed by atoms with E-state index in [9.17, 15) is 9.59 Å². The molecule has 0 radical (unpaired) electrons. The van der Waals surface area contributed by atoms with E-state index in [-0.39, 0.29) is 11.6 Å². The maximum absolute atomic E-state index is 12.9. The summed E-state index contributed by atoms with van der Waals surface area (Å²) in [6, 6.07) is 19.3. The van der Waals surface area contributed by atoms with Gasteiger partial charge in [0, 0.05) is 9.79 Å². The van der Waals surface area contributed by atoms with Gasteiger partial charge < -0.3 is 10.6 Å². The third-order valence-electron chi connectivity index (χ3n) is 4.45. The molecule has 30 heavy (non-hydrogen) atoms. The molecule has 0 aliphatic carbocycles. The molecule has 0 unspecified atom stereocenters. The molecule has 3 amide bonds. The molecule has 0 spiro atoms. The number of nitrogens with one attached hydrogen (secondary N) is 1. The van der Waals surface area contributed by atoms with Crippen molar-refractivity contribution in [3.63, 3.8) is 0 Å². The zero-order valence-corrected chi connectivity index (χ0v) is 17.8. The first-order valence-electron chi connectivity index (χ1n) is 8.91. The van der Waals surface area contributed by atoms with Gasteiger partial charge in [0.25, 0.3) is 5.91 Å². The Bertz CT molecular complexity index is 1100. The van der Waals surface area contributed by atoms with Gasteiger partial charge in [0.2, 0.25) is 0 Å². The number of anilines is 3. The number of hydrogen-bond donors (Lipinski definition) is 2. The molecule has 152 valence electrons. The molecule has 1 aliphatic rings. The van der Waals surface area contributed by atoms with Crippen molar-refractivity contribution in [1.82, 2.24) is 5.43 Å². The summed E-state index contributed by atoms with van der Waals surface area (Å²) in [6.07, 6.45) is 0. The number of hydrazine groups is 1. The van der Waals surface area contributed by atoms with Crippen LogP contribution in [0, 0.1) is 0 Å². The Morgan fingerprint density at radius 3 is 2.10 bits per heavy atom. The maximum atomic E-state index is 12.9. The summed E-state index contributed by atoms with van der Waals surface area (Å²) >= 11 is 13.6. The summed E-state index contributed by atoms with van der Waals surface area (Å²) in [7, 11) is 0. The molecule has 0 bridgehead atoms. The third kappa shape index (κ3) is 4.05. The first-order chi connectivity index (χ1) is 14.4. The lowest BCUT2D eigenvalue weighted by Gasteiger charge is -2.32. The highest BCUT2D eigenvalue weighted by molar-refractivity contribution is 7.99. The molecule has 0 fully saturated rings. The molecule has 9 heteroatoms. The van der Waals surface area contributed by atoms with E-state index in [1.807, 2.05) is 53.4 Å². The Balaban J connectivity index is 1.60. The number of benzene rings is 3. The Kier molecular flexibility index (Phi) is 5.76. The van der Waals surface area contributed by atoms with Gasteiger partial charge in [0.1, 0.15) is 6.54 Å². The lowest BCUT2D eigenvalue weighted by atomic mass is 10.2. The lowest BCUT2D eigenvalue weighted by Crippen LogP contribution is -2.51. The zero-order valence-electron chi connectivity index (χ0n) is 15.5. The number of amides is 3. The fraction of sp³-hybridized carbons (Fsp3) is 0.0476. The Morgan fingerprint density at radius 1 is 0.933 bits per heavy atom. The Labute approximate surface area is 187 Å². The third-order valence-corrected chi connectivity index (χ3v) is 6.32. The monoisotopic (exact) mass is 458 g/mol. The number of carbonyl (C=O) groups excluding carboxylic acids is 2. The average molecular weight is 459 g/mol. The summed E-state index contributed by atoms with van der Waals surface area (Å²) in [5.74, 6) is -0.420. The van der Waals surface area contributed by atoms with E-state index in [4.69, 9.17) is 28.9 Å². The molecule has 1 aliphatic heterocycles. The van der Waals surface area contributed by atoms with E-state index in [0.29, 0.717) is 10.7 Å². The average Bonchev–Trinajstić information content (AvgIpc) is 2.73. The van der Waals surface area contributed by atoms with Gasteiger partial charge in [-0.25, -0.2) is 9.80 Å². The van der Waals surface area contributed by atoms with Crippen LogP contribution in [0.25, 0.3) is 0 Å². The fourth-order valence-corrected chi connectivity index (χ4v) is 4.51. The number of carbonyl (C=O) groups is 2. The summed E-state index contributed by atoms with van der Waals surface area (Å²) in [5.41, 5.74) is 10.2. The van der Waals surface area contributed by atoms with Gasteiger partial charge in [0.05, 0.1) is 27.1 Å². The second-order valence-corrected chi connectivity index (χ2v) is 8.33. The number of nitrogens with zero attached hydrogens (tertiary/aromatic N) is 2. The molecule has 4 rings (SSSR count). The SMILES string of the molecule is NC(=O)N(NC(=O)CN1c2ccccc2Sc2ccccc21)c1ccc(Cl)c(Cl)c1. The van der Waals surface area contributed by atoms with Gasteiger partial charge in [-0.2, -0.15) is 0 Å². The number of urea groups is 1. The molecule has 0 atom stereocenters. The smallest absolute Gasteiger partial charge is 0.338 e. The first kappa shape index (κ1) is 20.4. The highest BCUT2D eigenvalue weighted by Gasteiger charge is 2.26. The summed E-state index contributed by atoms with van der Waals surface area (Å²) < 4.78 is 0. The van der Waals surface area contributed by atoms with E-state index in [0.717, 1.165) is 26.2 Å². The first-order valence-corrected chi connectivity index (χ1v) is 10.5. The number of para-hydroxylation sites is 2. The predicted octanol–water partition coefficient (Wildman–Crippen LogP) is 5.21. The molecule has 1 heterocycles. The van der Waals surface area contributed by atoms with Crippen molar-refractivity contribution in [2.45, 2.75) is 9.79 Å². The minimum atomic E-state index is -0.850. The highest BCUT2D eigenvalue weighted by Crippen LogP contribution is 2.47. The molecule has 3 aromatic carbocycles. The quantitative estimate of drug-likeness (QED) is 0.527. The molecule has 3 N–H and O–H groups in total. The van der Waals surface area contributed by atoms with Gasteiger partial charge in [-0.15, -0.1) is 0 Å². The lowest BCUT2D eigenvalue weighted by molar-refractivity contribution is -0.119. The van der Waals surface area contributed by atoms with Crippen molar-refractivity contribution in [3.05, 3.63) is 76.8 Å². The fourth-order valence-electron chi connectivity index (χ4n) is 3.13. The van der Waals surface area contributed by atoms with Crippen LogP contribution >= 0.6 is 35.0 Å². The van der Waals surface area contributed by atoms with Crippen LogP contribution in [0.15, 0.2) is 76.5 Å². The molecule has 0 aromatic heterocycles. The van der Waals surface area contributed by atoms with Crippen molar-refractivity contribution in [3.8, 4) is 0 Å². The number of fused-ring (bicyclic) bond motifs is 2. The van der Waals surface area contributed by atoms with E-state index >= 15 is 0 Å². The topological polar surface area (TPSA) is 78.7 Å². The van der Waals surface area contributed by atoms with Crippen LogP contribution in [0.5, 0.6) is 0 Å². The van der Waals surface area contributed by atoms with E-state index in [2.05, 4.69) is 5.43 Å². The van der Waals surface area contributed by atoms with Crippen LogP contribution in [-0.2, 0) is 4.79 Å². The van der Waals surface area contributed by atoms with Gasteiger partial charge in [-0.05, 0) is 42.5 Å². The largest absolute Gasteiger partial charge is 0.350 e. The van der Waals surface area contributed by atoms with Crippen LogP contribution in [0.4, 0.5) is 21.9 Å². The standard InChI is InChI=1S/C21H16Cl2N4O2S/c22-14-10-9-13(11-15(14)23)27(21(24)29)25-20(28)12-26-16-5-1-3-7-18(16)30-19-8-4-2-6-17(19)26/h1-11H,12H2,(H2,24,29)(H,25,28). The van der Waals surface area contributed by atoms with Crippen LogP contribution < -0.4 is 21.1 Å². The van der Waals surface area contributed by atoms with E-state index in [1.165, 1.54) is 12.1 Å². The van der Waals surface area contributed by atoms with E-state index < -0.39 is 11.9 Å². The number of halogens is 2. The van der Waals surface area contributed by atoms with Crippen molar-refractivity contribution < 1.29 is 9.59 Å². The molecule has 6 nitrogen and oxygen atoms in total. The normalized spacial score (nSPS) is 12.0. The maximum Gasteiger partial charge on any atom is 0.338 e. The molecular formula is C21H16Cl2N4O2S. The summed E-state index contributed by atoms with van der Waals surface area (Å²) in [5, 5.41) is 1.52. The molecular weight excluding hydrogens is 443 g/mol. The predicted molar refractivity (Wildman–Crippen MR) is 121 cm³/mol. The Morgan fingerprint density at radius 2 is 1.53 bits per heavy atom. The van der Waals surface area contributed by atoms with Gasteiger partial charge in [-0.1, -0.05) is 59.2 Å². The van der Waals surface area contributed by atoms with Crippen LogP contribution in [0.2, 0.25) is 10.0 Å².